The number of halogens is 3. The Morgan fingerprint density at radius 1 is 1.47 bits per heavy atom. The normalized spacial score (nSPS) is 10.0. The Morgan fingerprint density at radius 3 is 2.74 bits per heavy atom. The average molecular weight is 270 g/mol. The molecule has 0 aliphatic heterocycles. The summed E-state index contributed by atoms with van der Waals surface area (Å²) >= 11 is 0. The summed E-state index contributed by atoms with van der Waals surface area (Å²) in [5.41, 5.74) is 5.32. The summed E-state index contributed by atoms with van der Waals surface area (Å²) in [7, 11) is 1.19. The molecule has 3 nitrogen and oxygen atoms in total. The van der Waals surface area contributed by atoms with Crippen LogP contribution in [0.2, 0.25) is 0 Å². The zero-order valence-corrected chi connectivity index (χ0v) is 10.3. The highest BCUT2D eigenvalue weighted by atomic mass is 19.3. The fourth-order valence-corrected chi connectivity index (χ4v) is 1.42. The first-order valence-electron chi connectivity index (χ1n) is 5.47. The first-order valence-corrected chi connectivity index (χ1v) is 5.47. The van der Waals surface area contributed by atoms with E-state index in [1.54, 1.807) is 0 Å². The molecule has 0 radical (unpaired) electrons. The Labute approximate surface area is 109 Å². The van der Waals surface area contributed by atoms with Crippen molar-refractivity contribution >= 4 is 5.91 Å². The minimum atomic E-state index is -2.67. The highest BCUT2D eigenvalue weighted by Crippen LogP contribution is 2.13. The van der Waals surface area contributed by atoms with Gasteiger partial charge in [-0.3, -0.25) is 4.79 Å². The lowest BCUT2D eigenvalue weighted by Gasteiger charge is -2.16. The first kappa shape index (κ1) is 15.1. The monoisotopic (exact) mass is 270 g/mol. The van der Waals surface area contributed by atoms with Gasteiger partial charge in [-0.15, -0.1) is 0 Å². The summed E-state index contributed by atoms with van der Waals surface area (Å²) in [6.45, 7) is -0.622. The largest absolute Gasteiger partial charge is 0.336 e. The molecular weight excluding hydrogens is 257 g/mol. The molecule has 0 saturated carbocycles. The molecule has 1 rings (SSSR count). The van der Waals surface area contributed by atoms with E-state index in [2.05, 4.69) is 11.8 Å². The molecule has 1 aromatic carbocycles. The molecule has 6 heteroatoms. The molecule has 19 heavy (non-hydrogen) atoms. The average Bonchev–Trinajstić information content (AvgIpc) is 2.36. The topological polar surface area (TPSA) is 46.3 Å². The molecule has 102 valence electrons. The molecule has 0 atom stereocenters. The maximum atomic E-state index is 13.5. The van der Waals surface area contributed by atoms with Crippen LogP contribution >= 0.6 is 0 Å². The molecule has 0 saturated heterocycles. The number of amides is 1. The molecule has 0 unspecified atom stereocenters. The van der Waals surface area contributed by atoms with Crippen LogP contribution in [-0.2, 0) is 0 Å². The van der Waals surface area contributed by atoms with E-state index in [0.29, 0.717) is 5.56 Å². The van der Waals surface area contributed by atoms with E-state index in [1.807, 2.05) is 0 Å². The van der Waals surface area contributed by atoms with Crippen LogP contribution in [0.25, 0.3) is 0 Å². The van der Waals surface area contributed by atoms with Crippen LogP contribution in [0.15, 0.2) is 18.2 Å². The van der Waals surface area contributed by atoms with Gasteiger partial charge >= 0.3 is 0 Å². The summed E-state index contributed by atoms with van der Waals surface area (Å²) in [6, 6.07) is 3.69. The van der Waals surface area contributed by atoms with Crippen molar-refractivity contribution in [2.24, 2.45) is 5.73 Å². The predicted molar refractivity (Wildman–Crippen MR) is 65.3 cm³/mol. The van der Waals surface area contributed by atoms with Crippen molar-refractivity contribution in [3.8, 4) is 11.8 Å². The number of benzene rings is 1. The lowest BCUT2D eigenvalue weighted by atomic mass is 10.1. The van der Waals surface area contributed by atoms with Crippen LogP contribution in [0.3, 0.4) is 0 Å². The van der Waals surface area contributed by atoms with E-state index in [-0.39, 0.29) is 12.1 Å². The number of nitrogens with zero attached hydrogens (tertiary/aromatic N) is 1. The highest BCUT2D eigenvalue weighted by Gasteiger charge is 2.19. The summed E-state index contributed by atoms with van der Waals surface area (Å²) in [5.74, 6) is 3.62. The third-order valence-corrected chi connectivity index (χ3v) is 2.29. The summed E-state index contributed by atoms with van der Waals surface area (Å²) in [5, 5.41) is 0. The van der Waals surface area contributed by atoms with Gasteiger partial charge in [0.15, 0.2) is 0 Å². The molecule has 0 aliphatic carbocycles. The van der Waals surface area contributed by atoms with Crippen molar-refractivity contribution in [1.82, 2.24) is 4.90 Å². The highest BCUT2D eigenvalue weighted by molar-refractivity contribution is 5.94. The summed E-state index contributed by atoms with van der Waals surface area (Å²) in [4.78, 5) is 12.6. The molecule has 0 bridgehead atoms. The van der Waals surface area contributed by atoms with Gasteiger partial charge in [0, 0.05) is 12.6 Å². The van der Waals surface area contributed by atoms with Crippen molar-refractivity contribution in [2.75, 3.05) is 20.1 Å². The number of hydrogen-bond donors (Lipinski definition) is 1. The zero-order valence-electron chi connectivity index (χ0n) is 10.3. The van der Waals surface area contributed by atoms with Crippen LogP contribution in [0, 0.1) is 17.7 Å². The second-order valence-electron chi connectivity index (χ2n) is 3.78. The first-order chi connectivity index (χ1) is 8.95. The summed E-state index contributed by atoms with van der Waals surface area (Å²) in [6.07, 6.45) is -2.67. The second kappa shape index (κ2) is 6.81. The van der Waals surface area contributed by atoms with Crippen molar-refractivity contribution in [1.29, 1.82) is 0 Å². The Bertz CT molecular complexity index is 520. The van der Waals surface area contributed by atoms with Crippen LogP contribution < -0.4 is 5.73 Å². The van der Waals surface area contributed by atoms with Gasteiger partial charge in [0.1, 0.15) is 5.82 Å². The van der Waals surface area contributed by atoms with Gasteiger partial charge < -0.3 is 10.6 Å². The summed E-state index contributed by atoms with van der Waals surface area (Å²) < 4.78 is 37.9. The van der Waals surface area contributed by atoms with Gasteiger partial charge in [0.2, 0.25) is 0 Å². The number of hydrogen-bond acceptors (Lipinski definition) is 2. The SMILES string of the molecule is CN(CC(F)F)C(=O)c1cc(C#CCN)ccc1F. The second-order valence-corrected chi connectivity index (χ2v) is 3.78. The van der Waals surface area contributed by atoms with E-state index >= 15 is 0 Å². The van der Waals surface area contributed by atoms with Crippen LogP contribution in [0.4, 0.5) is 13.2 Å². The molecule has 1 amide bonds. The maximum Gasteiger partial charge on any atom is 0.256 e. The van der Waals surface area contributed by atoms with Gasteiger partial charge in [-0.05, 0) is 18.2 Å². The van der Waals surface area contributed by atoms with Gasteiger partial charge in [-0.25, -0.2) is 13.2 Å². The molecule has 0 heterocycles. The zero-order chi connectivity index (χ0) is 14.4. The Balaban J connectivity index is 3.01. The maximum absolute atomic E-state index is 13.5. The number of alkyl halides is 2. The number of carbonyl (C=O) groups excluding carboxylic acids is 1. The minimum absolute atomic E-state index is 0.131. The van der Waals surface area contributed by atoms with E-state index < -0.39 is 24.7 Å². The fraction of sp³-hybridized carbons (Fsp3) is 0.308. The van der Waals surface area contributed by atoms with Crippen LogP contribution in [0.1, 0.15) is 15.9 Å². The van der Waals surface area contributed by atoms with Crippen LogP contribution in [-0.4, -0.2) is 37.4 Å². The van der Waals surface area contributed by atoms with Crippen molar-refractivity contribution in [3.63, 3.8) is 0 Å². The van der Waals surface area contributed by atoms with E-state index in [9.17, 15) is 18.0 Å². The van der Waals surface area contributed by atoms with Gasteiger partial charge in [-0.2, -0.15) is 0 Å². The van der Waals surface area contributed by atoms with E-state index in [4.69, 9.17) is 5.73 Å². The molecule has 1 aromatic rings. The van der Waals surface area contributed by atoms with Gasteiger partial charge in [0.25, 0.3) is 12.3 Å². The standard InChI is InChI=1S/C13H13F3N2O/c1-18(8-12(15)16)13(19)10-7-9(3-2-6-17)4-5-11(10)14/h4-5,7,12H,6,8,17H2,1H3. The van der Waals surface area contributed by atoms with Gasteiger partial charge in [-0.1, -0.05) is 11.8 Å². The molecular formula is C13H13F3N2O. The number of carbonyl (C=O) groups is 1. The quantitative estimate of drug-likeness (QED) is 0.845. The Morgan fingerprint density at radius 2 is 2.16 bits per heavy atom. The molecule has 2 N–H and O–H groups in total. The molecule has 0 aliphatic rings. The predicted octanol–water partition coefficient (Wildman–Crippen LogP) is 1.47. The van der Waals surface area contributed by atoms with Crippen molar-refractivity contribution in [2.45, 2.75) is 6.43 Å². The smallest absolute Gasteiger partial charge is 0.256 e. The van der Waals surface area contributed by atoms with Crippen molar-refractivity contribution < 1.29 is 18.0 Å². The minimum Gasteiger partial charge on any atom is -0.336 e. The lowest BCUT2D eigenvalue weighted by molar-refractivity contribution is 0.0616. The molecule has 0 spiro atoms. The lowest BCUT2D eigenvalue weighted by Crippen LogP contribution is -2.31. The van der Waals surface area contributed by atoms with E-state index in [0.717, 1.165) is 11.0 Å². The number of nitrogens with two attached hydrogens (primary N) is 1. The third kappa shape index (κ3) is 4.30. The van der Waals surface area contributed by atoms with E-state index in [1.165, 1.54) is 19.2 Å². The Kier molecular flexibility index (Phi) is 5.39. The number of rotatable bonds is 3. The van der Waals surface area contributed by atoms with Crippen molar-refractivity contribution in [3.05, 3.63) is 35.1 Å². The third-order valence-electron chi connectivity index (χ3n) is 2.29. The molecule has 0 fully saturated rings. The fourth-order valence-electron chi connectivity index (χ4n) is 1.42. The Hall–Kier alpha value is -2.00. The molecule has 0 aromatic heterocycles. The van der Waals surface area contributed by atoms with Crippen LogP contribution in [0.5, 0.6) is 0 Å². The van der Waals surface area contributed by atoms with Gasteiger partial charge in [0.05, 0.1) is 18.7 Å².